The molecule has 0 amide bonds. The van der Waals surface area contributed by atoms with Crippen LogP contribution in [0.3, 0.4) is 0 Å². The van der Waals surface area contributed by atoms with Gasteiger partial charge in [0.2, 0.25) is 0 Å². The Balaban J connectivity index is 2.59. The fourth-order valence-electron chi connectivity index (χ4n) is 1.78. The molecule has 6 heteroatoms. The first kappa shape index (κ1) is 16.5. The lowest BCUT2D eigenvalue weighted by Gasteiger charge is -2.13. The summed E-state index contributed by atoms with van der Waals surface area (Å²) in [5, 5.41) is 0. The molecule has 0 aliphatic heterocycles. The van der Waals surface area contributed by atoms with E-state index in [1.165, 1.54) is 24.3 Å². The Bertz CT molecular complexity index is 441. The van der Waals surface area contributed by atoms with E-state index in [4.69, 9.17) is 5.73 Å². The molecule has 1 aromatic rings. The molecule has 0 aliphatic rings. The lowest BCUT2D eigenvalue weighted by Crippen LogP contribution is -2.33. The Hall–Kier alpha value is -1.56. The zero-order chi connectivity index (χ0) is 15.3. The zero-order valence-electron chi connectivity index (χ0n) is 11.4. The van der Waals surface area contributed by atoms with Gasteiger partial charge >= 0.3 is 6.36 Å². The molecule has 20 heavy (non-hydrogen) atoms. The molecule has 1 rings (SSSR count). The van der Waals surface area contributed by atoms with Crippen molar-refractivity contribution < 1.29 is 22.7 Å². The van der Waals surface area contributed by atoms with Gasteiger partial charge in [0.05, 0.1) is 6.04 Å². The fraction of sp³-hybridized carbons (Fsp3) is 0.500. The molecule has 0 radical (unpaired) electrons. The van der Waals surface area contributed by atoms with Crippen molar-refractivity contribution in [3.05, 3.63) is 29.8 Å². The predicted molar refractivity (Wildman–Crippen MR) is 69.3 cm³/mol. The van der Waals surface area contributed by atoms with Gasteiger partial charge in [0.15, 0.2) is 5.78 Å². The molecule has 2 N–H and O–H groups in total. The predicted octanol–water partition coefficient (Wildman–Crippen LogP) is 3.07. The summed E-state index contributed by atoms with van der Waals surface area (Å²) in [6.45, 7) is 3.94. The second kappa shape index (κ2) is 6.74. The number of benzene rings is 1. The van der Waals surface area contributed by atoms with Crippen molar-refractivity contribution >= 4 is 5.78 Å². The maximum absolute atomic E-state index is 12.0. The Morgan fingerprint density at radius 1 is 1.25 bits per heavy atom. The fourth-order valence-corrected chi connectivity index (χ4v) is 1.78. The minimum atomic E-state index is -4.71. The molecule has 0 fully saturated rings. The third kappa shape index (κ3) is 6.06. The Morgan fingerprint density at radius 2 is 1.80 bits per heavy atom. The highest BCUT2D eigenvalue weighted by Crippen LogP contribution is 2.23. The number of hydrogen-bond donors (Lipinski definition) is 1. The number of carbonyl (C=O) groups is 1. The molecule has 0 heterocycles. The standard InChI is InChI=1S/C14H18F3NO2/c1-9(2)7-12(18)13(19)8-10-3-5-11(6-4-10)20-14(15,16)17/h3-6,9,12H,7-8,18H2,1-2H3. The number of carbonyl (C=O) groups excluding carboxylic acids is 1. The molecular weight excluding hydrogens is 271 g/mol. The SMILES string of the molecule is CC(C)CC(N)C(=O)Cc1ccc(OC(F)(F)F)cc1. The number of Topliss-reactive ketones (excluding diaryl/α,β-unsaturated/α-hetero) is 1. The number of alkyl halides is 3. The highest BCUT2D eigenvalue weighted by Gasteiger charge is 2.31. The third-order valence-electron chi connectivity index (χ3n) is 2.67. The second-order valence-electron chi connectivity index (χ2n) is 5.07. The van der Waals surface area contributed by atoms with Crippen molar-refractivity contribution in [1.29, 1.82) is 0 Å². The van der Waals surface area contributed by atoms with Crippen molar-refractivity contribution in [3.63, 3.8) is 0 Å². The smallest absolute Gasteiger partial charge is 0.406 e. The van der Waals surface area contributed by atoms with E-state index in [1.54, 1.807) is 0 Å². The van der Waals surface area contributed by atoms with Gasteiger partial charge in [-0.3, -0.25) is 4.79 Å². The summed E-state index contributed by atoms with van der Waals surface area (Å²) in [4.78, 5) is 11.8. The number of ketones is 1. The Labute approximate surface area is 115 Å². The molecule has 0 saturated carbocycles. The van der Waals surface area contributed by atoms with Gasteiger partial charge in [0.1, 0.15) is 5.75 Å². The van der Waals surface area contributed by atoms with Gasteiger partial charge in [-0.05, 0) is 30.0 Å². The van der Waals surface area contributed by atoms with Gasteiger partial charge in [0, 0.05) is 6.42 Å². The summed E-state index contributed by atoms with van der Waals surface area (Å²) < 4.78 is 39.7. The molecule has 112 valence electrons. The molecule has 0 saturated heterocycles. The Morgan fingerprint density at radius 3 is 2.25 bits per heavy atom. The maximum Gasteiger partial charge on any atom is 0.573 e. The lowest BCUT2D eigenvalue weighted by atomic mass is 9.97. The normalized spacial score (nSPS) is 13.3. The van der Waals surface area contributed by atoms with Gasteiger partial charge < -0.3 is 10.5 Å². The van der Waals surface area contributed by atoms with E-state index in [0.29, 0.717) is 17.9 Å². The van der Waals surface area contributed by atoms with Crippen LogP contribution in [0.25, 0.3) is 0 Å². The quantitative estimate of drug-likeness (QED) is 0.875. The molecule has 1 unspecified atom stereocenters. The van der Waals surface area contributed by atoms with Crippen LogP contribution in [0.2, 0.25) is 0 Å². The maximum atomic E-state index is 12.0. The third-order valence-corrected chi connectivity index (χ3v) is 2.67. The van der Waals surface area contributed by atoms with Crippen LogP contribution < -0.4 is 10.5 Å². The summed E-state index contributed by atoms with van der Waals surface area (Å²) in [6.07, 6.45) is -4.01. The van der Waals surface area contributed by atoms with Crippen molar-refractivity contribution in [2.24, 2.45) is 11.7 Å². The van der Waals surface area contributed by atoms with E-state index in [0.717, 1.165) is 0 Å². The first-order valence-corrected chi connectivity index (χ1v) is 6.30. The van der Waals surface area contributed by atoms with Crippen molar-refractivity contribution in [2.75, 3.05) is 0 Å². The zero-order valence-corrected chi connectivity index (χ0v) is 11.4. The van der Waals surface area contributed by atoms with Crippen molar-refractivity contribution in [1.82, 2.24) is 0 Å². The van der Waals surface area contributed by atoms with Gasteiger partial charge in [0.25, 0.3) is 0 Å². The highest BCUT2D eigenvalue weighted by molar-refractivity contribution is 5.85. The van der Waals surface area contributed by atoms with Crippen LogP contribution in [-0.2, 0) is 11.2 Å². The van der Waals surface area contributed by atoms with Crippen LogP contribution in [0.1, 0.15) is 25.8 Å². The van der Waals surface area contributed by atoms with Crippen LogP contribution in [0.15, 0.2) is 24.3 Å². The molecular formula is C14H18F3NO2. The van der Waals surface area contributed by atoms with Gasteiger partial charge in [-0.25, -0.2) is 0 Å². The topological polar surface area (TPSA) is 52.3 Å². The summed E-state index contributed by atoms with van der Waals surface area (Å²) in [5.74, 6) is -0.111. The van der Waals surface area contributed by atoms with Gasteiger partial charge in [-0.15, -0.1) is 13.2 Å². The largest absolute Gasteiger partial charge is 0.573 e. The highest BCUT2D eigenvalue weighted by atomic mass is 19.4. The first-order valence-electron chi connectivity index (χ1n) is 6.30. The average molecular weight is 289 g/mol. The van der Waals surface area contributed by atoms with Crippen LogP contribution in [0, 0.1) is 5.92 Å². The first-order chi connectivity index (χ1) is 9.17. The number of ether oxygens (including phenoxy) is 1. The summed E-state index contributed by atoms with van der Waals surface area (Å²) in [7, 11) is 0. The van der Waals surface area contributed by atoms with Gasteiger partial charge in [-0.2, -0.15) is 0 Å². The summed E-state index contributed by atoms with van der Waals surface area (Å²) in [5.41, 5.74) is 6.37. The van der Waals surface area contributed by atoms with E-state index in [9.17, 15) is 18.0 Å². The Kier molecular flexibility index (Phi) is 5.56. The molecule has 3 nitrogen and oxygen atoms in total. The number of rotatable bonds is 6. The second-order valence-corrected chi connectivity index (χ2v) is 5.07. The molecule has 0 aliphatic carbocycles. The molecule has 0 bridgehead atoms. The number of halogens is 3. The summed E-state index contributed by atoms with van der Waals surface area (Å²) >= 11 is 0. The van der Waals surface area contributed by atoms with E-state index in [2.05, 4.69) is 4.74 Å². The number of hydrogen-bond acceptors (Lipinski definition) is 3. The van der Waals surface area contributed by atoms with E-state index >= 15 is 0 Å². The van der Waals surface area contributed by atoms with Crippen LogP contribution in [0.4, 0.5) is 13.2 Å². The van der Waals surface area contributed by atoms with E-state index in [1.807, 2.05) is 13.8 Å². The van der Waals surface area contributed by atoms with Crippen molar-refractivity contribution in [3.8, 4) is 5.75 Å². The minimum Gasteiger partial charge on any atom is -0.406 e. The average Bonchev–Trinajstić information content (AvgIpc) is 2.28. The van der Waals surface area contributed by atoms with E-state index in [-0.39, 0.29) is 18.0 Å². The van der Waals surface area contributed by atoms with E-state index < -0.39 is 12.4 Å². The molecule has 1 aromatic carbocycles. The molecule has 1 atom stereocenters. The van der Waals surface area contributed by atoms with Gasteiger partial charge in [-0.1, -0.05) is 26.0 Å². The molecule has 0 aromatic heterocycles. The van der Waals surface area contributed by atoms with Crippen molar-refractivity contribution in [2.45, 2.75) is 39.1 Å². The number of nitrogens with two attached hydrogens (primary N) is 1. The monoisotopic (exact) mass is 289 g/mol. The summed E-state index contributed by atoms with van der Waals surface area (Å²) in [6, 6.07) is 4.69. The molecule has 0 spiro atoms. The van der Waals surface area contributed by atoms with Crippen LogP contribution in [-0.4, -0.2) is 18.2 Å². The van der Waals surface area contributed by atoms with Crippen LogP contribution in [0.5, 0.6) is 5.75 Å². The van der Waals surface area contributed by atoms with Crippen LogP contribution >= 0.6 is 0 Å². The lowest BCUT2D eigenvalue weighted by molar-refractivity contribution is -0.274. The minimum absolute atomic E-state index is 0.111.